The zero-order chi connectivity index (χ0) is 8.73. The van der Waals surface area contributed by atoms with Crippen molar-refractivity contribution >= 4 is 5.90 Å². The van der Waals surface area contributed by atoms with Crippen molar-refractivity contribution in [2.75, 3.05) is 6.54 Å². The van der Waals surface area contributed by atoms with Crippen molar-refractivity contribution in [1.82, 2.24) is 0 Å². The average Bonchev–Trinajstić information content (AvgIpc) is 2.63. The Morgan fingerprint density at radius 1 is 1.15 bits per heavy atom. The molecule has 1 saturated carbocycles. The van der Waals surface area contributed by atoms with E-state index in [1.54, 1.807) is 0 Å². The summed E-state index contributed by atoms with van der Waals surface area (Å²) in [4.78, 5) is 4.38. The highest BCUT2D eigenvalue weighted by atomic mass is 16.5. The van der Waals surface area contributed by atoms with Crippen LogP contribution >= 0.6 is 0 Å². The summed E-state index contributed by atoms with van der Waals surface area (Å²) in [7, 11) is 0. The summed E-state index contributed by atoms with van der Waals surface area (Å²) in [5.41, 5.74) is 0.521. The Balaban J connectivity index is 1.84. The second-order valence-corrected chi connectivity index (χ2v) is 4.79. The topological polar surface area (TPSA) is 21.6 Å². The van der Waals surface area contributed by atoms with E-state index in [9.17, 15) is 0 Å². The van der Waals surface area contributed by atoms with Gasteiger partial charge in [-0.15, -0.1) is 0 Å². The Hall–Kier alpha value is -0.530. The van der Waals surface area contributed by atoms with Crippen molar-refractivity contribution in [2.24, 2.45) is 10.4 Å². The van der Waals surface area contributed by atoms with E-state index in [0.717, 1.165) is 18.9 Å². The van der Waals surface area contributed by atoms with E-state index in [0.29, 0.717) is 11.5 Å². The molecule has 1 atom stereocenters. The Morgan fingerprint density at radius 2 is 1.92 bits per heavy atom. The molecule has 2 aliphatic heterocycles. The molecule has 2 fully saturated rings. The number of fused-ring (bicyclic) bond motifs is 3. The number of hydrogen-bond acceptors (Lipinski definition) is 2. The van der Waals surface area contributed by atoms with Crippen LogP contribution in [0.1, 0.15) is 44.9 Å². The Labute approximate surface area is 79.4 Å². The van der Waals surface area contributed by atoms with E-state index in [2.05, 4.69) is 4.99 Å². The standard InChI is InChI=1S/C11H17NO/c1-2-4-6-11(5-3-1)7-10-12-8-9(11)13-10/h9H,1-8H2/t9-/m1/s1. The molecule has 0 aromatic carbocycles. The molecule has 2 heterocycles. The molecule has 13 heavy (non-hydrogen) atoms. The van der Waals surface area contributed by atoms with E-state index >= 15 is 0 Å². The van der Waals surface area contributed by atoms with Crippen LogP contribution < -0.4 is 0 Å². The maximum absolute atomic E-state index is 5.77. The minimum atomic E-state index is 0.459. The van der Waals surface area contributed by atoms with Crippen LogP contribution in [-0.2, 0) is 4.74 Å². The molecule has 1 spiro atoms. The number of aliphatic imine (C=N–C) groups is 1. The SMILES string of the molecule is C1CCCC2(CC1)CC1=NC[C@H]2O1. The lowest BCUT2D eigenvalue weighted by Crippen LogP contribution is -2.33. The predicted molar refractivity (Wildman–Crippen MR) is 51.9 cm³/mol. The van der Waals surface area contributed by atoms with Gasteiger partial charge < -0.3 is 4.74 Å². The van der Waals surface area contributed by atoms with Gasteiger partial charge in [0, 0.05) is 11.8 Å². The Kier molecular flexibility index (Phi) is 1.64. The van der Waals surface area contributed by atoms with Gasteiger partial charge in [-0.3, -0.25) is 4.99 Å². The van der Waals surface area contributed by atoms with Gasteiger partial charge in [0.05, 0.1) is 6.54 Å². The average molecular weight is 179 g/mol. The lowest BCUT2D eigenvalue weighted by molar-refractivity contribution is 0.0957. The molecule has 0 N–H and O–H groups in total. The van der Waals surface area contributed by atoms with Crippen LogP contribution in [0.15, 0.2) is 4.99 Å². The smallest absolute Gasteiger partial charge is 0.184 e. The molecule has 0 radical (unpaired) electrons. The largest absolute Gasteiger partial charge is 0.475 e. The third-order valence-electron chi connectivity index (χ3n) is 4.00. The molecular formula is C11H17NO. The van der Waals surface area contributed by atoms with Gasteiger partial charge in [0.25, 0.3) is 0 Å². The monoisotopic (exact) mass is 179 g/mol. The van der Waals surface area contributed by atoms with Gasteiger partial charge in [-0.1, -0.05) is 25.7 Å². The fourth-order valence-electron chi connectivity index (χ4n) is 3.19. The first-order valence-electron chi connectivity index (χ1n) is 5.59. The zero-order valence-corrected chi connectivity index (χ0v) is 8.09. The van der Waals surface area contributed by atoms with Gasteiger partial charge in [-0.2, -0.15) is 0 Å². The summed E-state index contributed by atoms with van der Waals surface area (Å²) in [5, 5.41) is 0. The molecule has 0 aromatic heterocycles. The van der Waals surface area contributed by atoms with Gasteiger partial charge in [-0.25, -0.2) is 0 Å². The molecule has 3 rings (SSSR count). The van der Waals surface area contributed by atoms with E-state index in [1.807, 2.05) is 0 Å². The molecule has 0 unspecified atom stereocenters. The first kappa shape index (κ1) is 7.84. The lowest BCUT2D eigenvalue weighted by Gasteiger charge is -2.31. The van der Waals surface area contributed by atoms with Gasteiger partial charge in [0.2, 0.25) is 0 Å². The van der Waals surface area contributed by atoms with Crippen LogP contribution in [0, 0.1) is 5.41 Å². The van der Waals surface area contributed by atoms with Crippen molar-refractivity contribution in [1.29, 1.82) is 0 Å². The predicted octanol–water partition coefficient (Wildman–Crippen LogP) is 2.53. The van der Waals surface area contributed by atoms with Crippen LogP contribution in [0.25, 0.3) is 0 Å². The fraction of sp³-hybridized carbons (Fsp3) is 0.909. The third kappa shape index (κ3) is 1.11. The summed E-state index contributed by atoms with van der Waals surface area (Å²) in [6.07, 6.45) is 10.1. The lowest BCUT2D eigenvalue weighted by atomic mass is 9.73. The van der Waals surface area contributed by atoms with Crippen molar-refractivity contribution in [3.63, 3.8) is 0 Å². The third-order valence-corrected chi connectivity index (χ3v) is 4.00. The summed E-state index contributed by atoms with van der Waals surface area (Å²) in [6, 6.07) is 0. The summed E-state index contributed by atoms with van der Waals surface area (Å²) >= 11 is 0. The second kappa shape index (κ2) is 2.73. The first-order chi connectivity index (χ1) is 6.39. The number of ether oxygens (including phenoxy) is 1. The number of nitrogens with zero attached hydrogens (tertiary/aromatic N) is 1. The first-order valence-corrected chi connectivity index (χ1v) is 5.59. The summed E-state index contributed by atoms with van der Waals surface area (Å²) in [5.74, 6) is 1.06. The van der Waals surface area contributed by atoms with E-state index < -0.39 is 0 Å². The zero-order valence-electron chi connectivity index (χ0n) is 8.09. The molecule has 3 aliphatic rings. The maximum atomic E-state index is 5.77. The number of rotatable bonds is 0. The van der Waals surface area contributed by atoms with E-state index in [1.165, 1.54) is 38.5 Å². The van der Waals surface area contributed by atoms with Crippen LogP contribution in [0.4, 0.5) is 0 Å². The molecule has 1 saturated heterocycles. The van der Waals surface area contributed by atoms with Crippen molar-refractivity contribution in [3.8, 4) is 0 Å². The molecule has 0 amide bonds. The van der Waals surface area contributed by atoms with Crippen molar-refractivity contribution in [2.45, 2.75) is 51.0 Å². The Bertz CT molecular complexity index is 238. The highest BCUT2D eigenvalue weighted by Crippen LogP contribution is 2.49. The molecule has 72 valence electrons. The van der Waals surface area contributed by atoms with Crippen LogP contribution in [0.3, 0.4) is 0 Å². The van der Waals surface area contributed by atoms with E-state index in [4.69, 9.17) is 4.74 Å². The molecule has 2 heteroatoms. The van der Waals surface area contributed by atoms with Crippen molar-refractivity contribution < 1.29 is 4.74 Å². The Morgan fingerprint density at radius 3 is 2.46 bits per heavy atom. The molecule has 2 nitrogen and oxygen atoms in total. The van der Waals surface area contributed by atoms with Gasteiger partial charge >= 0.3 is 0 Å². The van der Waals surface area contributed by atoms with Crippen LogP contribution in [0.2, 0.25) is 0 Å². The van der Waals surface area contributed by atoms with Gasteiger partial charge in [0.1, 0.15) is 6.10 Å². The summed E-state index contributed by atoms with van der Waals surface area (Å²) in [6.45, 7) is 0.954. The fourth-order valence-corrected chi connectivity index (χ4v) is 3.19. The van der Waals surface area contributed by atoms with Crippen LogP contribution in [-0.4, -0.2) is 18.5 Å². The second-order valence-electron chi connectivity index (χ2n) is 4.79. The van der Waals surface area contributed by atoms with Gasteiger partial charge in [-0.05, 0) is 12.8 Å². The quantitative estimate of drug-likeness (QED) is 0.560. The molecule has 0 aromatic rings. The molecule has 1 aliphatic carbocycles. The minimum Gasteiger partial charge on any atom is -0.475 e. The molecular weight excluding hydrogens is 162 g/mol. The minimum absolute atomic E-state index is 0.459. The van der Waals surface area contributed by atoms with Gasteiger partial charge in [0.15, 0.2) is 5.90 Å². The highest BCUT2D eigenvalue weighted by Gasteiger charge is 2.50. The highest BCUT2D eigenvalue weighted by molar-refractivity contribution is 5.81. The van der Waals surface area contributed by atoms with Crippen molar-refractivity contribution in [3.05, 3.63) is 0 Å². The molecule has 2 bridgehead atoms. The normalized spacial score (nSPS) is 35.7. The van der Waals surface area contributed by atoms with Crippen LogP contribution in [0.5, 0.6) is 0 Å². The maximum Gasteiger partial charge on any atom is 0.184 e. The van der Waals surface area contributed by atoms with E-state index in [-0.39, 0.29) is 0 Å². The number of hydrogen-bond donors (Lipinski definition) is 0. The summed E-state index contributed by atoms with van der Waals surface area (Å²) < 4.78 is 5.77.